The number of benzene rings is 2. The van der Waals surface area contributed by atoms with Gasteiger partial charge in [0.15, 0.2) is 0 Å². The van der Waals surface area contributed by atoms with Crippen LogP contribution in [0, 0.1) is 0 Å². The summed E-state index contributed by atoms with van der Waals surface area (Å²) in [5.74, 6) is 0. The summed E-state index contributed by atoms with van der Waals surface area (Å²) in [5.41, 5.74) is -12.0. The fourth-order valence-corrected chi connectivity index (χ4v) is 3.93. The Morgan fingerprint density at radius 3 is 1.07 bits per heavy atom. The molecule has 0 aliphatic heterocycles. The summed E-state index contributed by atoms with van der Waals surface area (Å²) in [6, 6.07) is 8.48. The first-order valence-corrected chi connectivity index (χ1v) is 10.9. The summed E-state index contributed by atoms with van der Waals surface area (Å²) in [5, 5.41) is 0. The molecule has 6 nitrogen and oxygen atoms in total. The average molecular weight is 476 g/mol. The van der Waals surface area contributed by atoms with E-state index in [4.69, 9.17) is 0 Å². The summed E-state index contributed by atoms with van der Waals surface area (Å²) >= 11 is 0. The van der Waals surface area contributed by atoms with Gasteiger partial charge in [0.2, 0.25) is 0 Å². The number of hydrogen-bond donors (Lipinski definition) is 2. The van der Waals surface area contributed by atoms with Crippen LogP contribution in [0.25, 0.3) is 0 Å². The summed E-state index contributed by atoms with van der Waals surface area (Å²) < 4.78 is 127. The molecule has 0 saturated carbocycles. The van der Waals surface area contributed by atoms with Crippen molar-refractivity contribution in [2.75, 3.05) is 0 Å². The smallest absolute Gasteiger partial charge is 0.203 e. The van der Waals surface area contributed by atoms with E-state index in [-0.39, 0.29) is 11.1 Å². The summed E-state index contributed by atoms with van der Waals surface area (Å²) in [6.07, 6.45) is 0. The van der Waals surface area contributed by atoms with E-state index < -0.39 is 43.1 Å². The van der Waals surface area contributed by atoms with Gasteiger partial charge < -0.3 is 0 Å². The minimum absolute atomic E-state index is 0.205. The van der Waals surface area contributed by atoms with E-state index in [1.807, 2.05) is 0 Å². The van der Waals surface area contributed by atoms with Crippen LogP contribution in [0.2, 0.25) is 0 Å². The van der Waals surface area contributed by atoms with Crippen LogP contribution in [0.1, 0.15) is 23.2 Å². The minimum atomic E-state index is -6.06. The van der Waals surface area contributed by atoms with Gasteiger partial charge in [0.1, 0.15) is 0 Å². The van der Waals surface area contributed by atoms with Crippen LogP contribution in [0.15, 0.2) is 60.7 Å². The zero-order valence-corrected chi connectivity index (χ0v) is 16.3. The van der Waals surface area contributed by atoms with Gasteiger partial charge >= 0.3 is 31.1 Å². The van der Waals surface area contributed by atoms with Crippen LogP contribution in [0.5, 0.6) is 0 Å². The largest absolute Gasteiger partial charge is 0.511 e. The summed E-state index contributed by atoms with van der Waals surface area (Å²) in [6.45, 7) is 0. The Morgan fingerprint density at radius 1 is 0.567 bits per heavy atom. The second-order valence-corrected chi connectivity index (χ2v) is 9.32. The Hall–Kier alpha value is -2.16. The molecule has 0 radical (unpaired) electrons. The van der Waals surface area contributed by atoms with Crippen LogP contribution >= 0.6 is 0 Å². The molecular weight excluding hydrogens is 462 g/mol. The Kier molecular flexibility index (Phi) is 6.85. The van der Waals surface area contributed by atoms with Crippen molar-refractivity contribution in [2.45, 2.75) is 23.1 Å². The number of sulfonamides is 2. The van der Waals surface area contributed by atoms with Gasteiger partial charge in [-0.1, -0.05) is 60.7 Å². The first-order chi connectivity index (χ1) is 13.7. The highest BCUT2D eigenvalue weighted by molar-refractivity contribution is 7.90. The highest BCUT2D eigenvalue weighted by Crippen LogP contribution is 2.35. The zero-order valence-electron chi connectivity index (χ0n) is 14.6. The van der Waals surface area contributed by atoms with Crippen molar-refractivity contribution in [1.82, 2.24) is 9.44 Å². The van der Waals surface area contributed by atoms with Crippen LogP contribution in [0.3, 0.4) is 0 Å². The molecule has 0 heterocycles. The van der Waals surface area contributed by atoms with Crippen molar-refractivity contribution < 1.29 is 43.2 Å². The molecular formula is C16H14F6N2O4S2. The SMILES string of the molecule is O=S(=O)(NC(c1ccccc1)[C@H](NS(=O)(=O)C(F)(F)F)c1ccccc1)C(F)(F)F. The summed E-state index contributed by atoms with van der Waals surface area (Å²) in [7, 11) is -12.1. The standard InChI is InChI=1S/C16H14F6N2O4S2/c17-15(18,19)29(25,26)23-13(11-7-3-1-4-8-11)14(12-9-5-2-6-10-12)24-30(27,28)16(20,21)22/h1-10,13-14,23-24H/t13-,14?/m1/s1. The van der Waals surface area contributed by atoms with Gasteiger partial charge in [-0.2, -0.15) is 35.8 Å². The lowest BCUT2D eigenvalue weighted by Crippen LogP contribution is -2.47. The predicted molar refractivity (Wildman–Crippen MR) is 94.6 cm³/mol. The first kappa shape index (κ1) is 24.1. The lowest BCUT2D eigenvalue weighted by molar-refractivity contribution is -0.0465. The van der Waals surface area contributed by atoms with Gasteiger partial charge in [0, 0.05) is 0 Å². The minimum Gasteiger partial charge on any atom is -0.203 e. The molecule has 2 atom stereocenters. The van der Waals surface area contributed by atoms with E-state index >= 15 is 0 Å². The molecule has 0 aromatic heterocycles. The number of hydrogen-bond acceptors (Lipinski definition) is 4. The van der Waals surface area contributed by atoms with Crippen LogP contribution < -0.4 is 9.44 Å². The van der Waals surface area contributed by atoms with Gasteiger partial charge in [0.25, 0.3) is 0 Å². The number of alkyl halides is 6. The topological polar surface area (TPSA) is 92.3 Å². The van der Waals surface area contributed by atoms with Crippen molar-refractivity contribution in [3.8, 4) is 0 Å². The van der Waals surface area contributed by atoms with Gasteiger partial charge in [0.05, 0.1) is 12.1 Å². The Balaban J connectivity index is 2.67. The van der Waals surface area contributed by atoms with Gasteiger partial charge in [-0.05, 0) is 11.1 Å². The lowest BCUT2D eigenvalue weighted by atomic mass is 9.95. The molecule has 0 amide bonds. The highest BCUT2D eigenvalue weighted by Gasteiger charge is 2.51. The van der Waals surface area contributed by atoms with Crippen molar-refractivity contribution in [1.29, 1.82) is 0 Å². The van der Waals surface area contributed by atoms with E-state index in [0.717, 1.165) is 24.3 Å². The maximum absolute atomic E-state index is 12.9. The lowest BCUT2D eigenvalue weighted by Gasteiger charge is -2.30. The van der Waals surface area contributed by atoms with Crippen LogP contribution in [-0.2, 0) is 20.0 Å². The molecule has 30 heavy (non-hydrogen) atoms. The average Bonchev–Trinajstić information content (AvgIpc) is 2.64. The number of halogens is 6. The molecule has 166 valence electrons. The van der Waals surface area contributed by atoms with E-state index in [1.54, 1.807) is 0 Å². The number of rotatable bonds is 7. The molecule has 2 rings (SSSR count). The molecule has 0 aliphatic rings. The Morgan fingerprint density at radius 2 is 0.833 bits per heavy atom. The molecule has 2 N–H and O–H groups in total. The molecule has 1 unspecified atom stereocenters. The zero-order chi connectivity index (χ0) is 22.8. The molecule has 0 spiro atoms. The van der Waals surface area contributed by atoms with Crippen LogP contribution in [-0.4, -0.2) is 27.9 Å². The third-order valence-electron chi connectivity index (χ3n) is 3.82. The van der Waals surface area contributed by atoms with Gasteiger partial charge in [-0.15, -0.1) is 0 Å². The maximum Gasteiger partial charge on any atom is 0.511 e. The molecule has 0 aliphatic carbocycles. The second kappa shape index (κ2) is 8.53. The molecule has 2 aromatic rings. The maximum atomic E-state index is 12.9. The van der Waals surface area contributed by atoms with Crippen molar-refractivity contribution in [3.63, 3.8) is 0 Å². The first-order valence-electron chi connectivity index (χ1n) is 7.93. The predicted octanol–water partition coefficient (Wildman–Crippen LogP) is 3.35. The molecule has 0 fully saturated rings. The monoisotopic (exact) mass is 476 g/mol. The fraction of sp³-hybridized carbons (Fsp3) is 0.250. The van der Waals surface area contributed by atoms with Crippen molar-refractivity contribution in [3.05, 3.63) is 71.8 Å². The molecule has 2 aromatic carbocycles. The van der Waals surface area contributed by atoms with E-state index in [9.17, 15) is 43.2 Å². The fourth-order valence-electron chi connectivity index (χ4n) is 2.45. The quantitative estimate of drug-likeness (QED) is 0.600. The van der Waals surface area contributed by atoms with E-state index in [1.165, 1.54) is 45.8 Å². The van der Waals surface area contributed by atoms with E-state index in [0.29, 0.717) is 0 Å². The Labute approximate surface area is 168 Å². The number of nitrogens with one attached hydrogen (secondary N) is 2. The van der Waals surface area contributed by atoms with Gasteiger partial charge in [-0.25, -0.2) is 16.8 Å². The van der Waals surface area contributed by atoms with Crippen molar-refractivity contribution in [2.24, 2.45) is 0 Å². The van der Waals surface area contributed by atoms with E-state index in [2.05, 4.69) is 0 Å². The molecule has 0 bridgehead atoms. The Bertz CT molecular complexity index is 969. The molecule has 14 heteroatoms. The molecule has 0 saturated heterocycles. The highest BCUT2D eigenvalue weighted by atomic mass is 32.2. The third-order valence-corrected chi connectivity index (χ3v) is 6.17. The van der Waals surface area contributed by atoms with Crippen molar-refractivity contribution >= 4 is 20.0 Å². The third kappa shape index (κ3) is 5.50. The summed E-state index contributed by atoms with van der Waals surface area (Å²) in [4.78, 5) is 0. The van der Waals surface area contributed by atoms with Crippen LogP contribution in [0.4, 0.5) is 26.3 Å². The van der Waals surface area contributed by atoms with Gasteiger partial charge in [-0.3, -0.25) is 0 Å². The second-order valence-electron chi connectivity index (χ2n) is 5.91. The normalized spacial score (nSPS) is 15.5.